The van der Waals surface area contributed by atoms with Crippen LogP contribution < -0.4 is 26.5 Å². The van der Waals surface area contributed by atoms with E-state index in [1.54, 1.807) is 47.3 Å². The van der Waals surface area contributed by atoms with Gasteiger partial charge in [-0.25, -0.2) is 4.57 Å². The fourth-order valence-corrected chi connectivity index (χ4v) is 5.42. The van der Waals surface area contributed by atoms with Crippen LogP contribution in [0.25, 0.3) is 0 Å². The number of nitrogens with one attached hydrogen (secondary N) is 1. The third kappa shape index (κ3) is 5.86. The lowest BCUT2D eigenvalue weighted by molar-refractivity contribution is -0.687. The fourth-order valence-electron chi connectivity index (χ4n) is 3.67. The molecule has 2 aromatic heterocycles. The first-order chi connectivity index (χ1) is 18.7. The van der Waals surface area contributed by atoms with E-state index in [4.69, 9.17) is 21.6 Å². The number of hydrogen-bond acceptors (Lipinski definition) is 13. The number of β-lactam (4-membered cyclic amide) rings is 1. The van der Waals surface area contributed by atoms with Crippen LogP contribution in [0.5, 0.6) is 0 Å². The third-order valence-electron chi connectivity index (χ3n) is 5.44. The van der Waals surface area contributed by atoms with E-state index >= 15 is 0 Å². The molecule has 3 amide bonds. The Morgan fingerprint density at radius 3 is 2.74 bits per heavy atom. The van der Waals surface area contributed by atoms with E-state index in [0.29, 0.717) is 17.7 Å². The number of primary amides is 1. The van der Waals surface area contributed by atoms with Gasteiger partial charge in [-0.2, -0.15) is 14.6 Å². The number of nitrogen functional groups attached to an aromatic ring is 1. The van der Waals surface area contributed by atoms with Gasteiger partial charge in [-0.05, 0) is 11.6 Å². The average molecular weight is 570 g/mol. The number of amides is 3. The molecule has 4 rings (SSSR count). The lowest BCUT2D eigenvalue weighted by atomic mass is 10.0. The van der Waals surface area contributed by atoms with Crippen LogP contribution in [0, 0.1) is 11.3 Å². The van der Waals surface area contributed by atoms with Crippen molar-refractivity contribution in [3.63, 3.8) is 0 Å². The number of carboxylic acids is 1. The first-order valence-corrected chi connectivity index (χ1v) is 12.9. The van der Waals surface area contributed by atoms with Crippen molar-refractivity contribution in [2.24, 2.45) is 10.9 Å². The highest BCUT2D eigenvalue weighted by Crippen LogP contribution is 2.40. The number of aliphatic carboxylic acids is 1. The van der Waals surface area contributed by atoms with E-state index in [1.807, 2.05) is 0 Å². The van der Waals surface area contributed by atoms with E-state index in [9.17, 15) is 24.3 Å². The van der Waals surface area contributed by atoms with E-state index in [-0.39, 0.29) is 22.4 Å². The molecular formula is C22H19N9O6S2. The molecule has 2 atom stereocenters. The summed E-state index contributed by atoms with van der Waals surface area (Å²) in [5, 5.41) is 26.1. The normalized spacial score (nSPS) is 18.8. The number of pyridine rings is 1. The summed E-state index contributed by atoms with van der Waals surface area (Å²) < 4.78 is 5.64. The third-order valence-corrected chi connectivity index (χ3v) is 7.29. The number of anilines is 1. The van der Waals surface area contributed by atoms with E-state index in [1.165, 1.54) is 11.8 Å². The summed E-state index contributed by atoms with van der Waals surface area (Å²) >= 11 is 2.06. The van der Waals surface area contributed by atoms with Gasteiger partial charge in [0.1, 0.15) is 17.5 Å². The van der Waals surface area contributed by atoms with Gasteiger partial charge < -0.3 is 31.5 Å². The summed E-state index contributed by atoms with van der Waals surface area (Å²) in [6, 6.07) is 3.74. The Morgan fingerprint density at radius 2 is 2.13 bits per heavy atom. The highest BCUT2D eigenvalue weighted by molar-refractivity contribution is 8.00. The summed E-state index contributed by atoms with van der Waals surface area (Å²) in [7, 11) is 0. The Labute approximate surface area is 228 Å². The largest absolute Gasteiger partial charge is 0.543 e. The zero-order valence-electron chi connectivity index (χ0n) is 19.8. The van der Waals surface area contributed by atoms with Crippen molar-refractivity contribution in [1.29, 1.82) is 5.26 Å². The first-order valence-electron chi connectivity index (χ1n) is 11.0. The Kier molecular flexibility index (Phi) is 8.17. The number of rotatable bonds is 10. The molecule has 2 aliphatic rings. The molecule has 0 aromatic carbocycles. The number of allylic oxidation sites excluding steroid dienone is 2. The minimum absolute atomic E-state index is 0.0601. The molecule has 0 bridgehead atoms. The molecule has 1 fully saturated rings. The summed E-state index contributed by atoms with van der Waals surface area (Å²) in [5.74, 6) is -3.55. The zero-order chi connectivity index (χ0) is 28.1. The number of carbonyl (C=O) groups excluding carboxylic acids is 4. The number of fused-ring (bicyclic) bond motifs is 1. The molecule has 0 saturated carbocycles. The molecule has 39 heavy (non-hydrogen) atoms. The van der Waals surface area contributed by atoms with Crippen molar-refractivity contribution in [2.75, 3.05) is 18.1 Å². The second kappa shape index (κ2) is 11.7. The molecule has 0 spiro atoms. The number of thioether (sulfide) groups is 1. The molecule has 2 aromatic rings. The number of oxime groups is 1. The van der Waals surface area contributed by atoms with Crippen LogP contribution in [-0.4, -0.2) is 67.4 Å². The number of nitriles is 1. The van der Waals surface area contributed by atoms with Crippen LogP contribution >= 0.6 is 23.3 Å². The monoisotopic (exact) mass is 569 g/mol. The van der Waals surface area contributed by atoms with Gasteiger partial charge in [0.25, 0.3) is 11.8 Å². The Hall–Kier alpha value is -4.82. The fraction of sp³-hybridized carbons (Fsp3) is 0.227. The molecule has 17 heteroatoms. The van der Waals surface area contributed by atoms with Crippen molar-refractivity contribution in [3.05, 3.63) is 59.3 Å². The standard InChI is InChI=1S/C22H19N9O6S2/c23-5-9-37-28-13(17-27-22(25)39-29-17)18(33)26-14-19(34)31-15(21(35)36)12(10-38-20(14)31)2-1-6-30-7-3-11(4-8-30)16(24)32/h1-4,7-8,14,20H,6,9-10H2,(H5-,24,25,26,27,29,32,33,35,36)/b2-1+,28-13-/t14-,20-/m1/s1. The summed E-state index contributed by atoms with van der Waals surface area (Å²) in [6.45, 7) is -0.0903. The van der Waals surface area contributed by atoms with Gasteiger partial charge in [0.2, 0.25) is 24.1 Å². The highest BCUT2D eigenvalue weighted by Gasteiger charge is 2.53. The minimum atomic E-state index is -1.54. The van der Waals surface area contributed by atoms with Gasteiger partial charge in [-0.3, -0.25) is 19.3 Å². The lowest BCUT2D eigenvalue weighted by Crippen LogP contribution is -2.71. The summed E-state index contributed by atoms with van der Waals surface area (Å²) in [6.07, 6.45) is 6.57. The molecule has 15 nitrogen and oxygen atoms in total. The van der Waals surface area contributed by atoms with Crippen LogP contribution in [0.4, 0.5) is 5.13 Å². The van der Waals surface area contributed by atoms with Gasteiger partial charge in [-0.1, -0.05) is 11.2 Å². The first kappa shape index (κ1) is 27.2. The summed E-state index contributed by atoms with van der Waals surface area (Å²) in [5.41, 5.74) is 10.8. The Bertz CT molecular complexity index is 1460. The van der Waals surface area contributed by atoms with E-state index in [0.717, 1.165) is 16.4 Å². The quantitative estimate of drug-likeness (QED) is 0.0883. The Balaban J connectivity index is 1.47. The molecule has 200 valence electrons. The molecule has 4 heterocycles. The topological polar surface area (TPSA) is 234 Å². The molecule has 1 saturated heterocycles. The molecule has 0 aliphatic carbocycles. The van der Waals surface area contributed by atoms with Gasteiger partial charge >= 0.3 is 0 Å². The molecule has 0 unspecified atom stereocenters. The number of aromatic nitrogens is 3. The lowest BCUT2D eigenvalue weighted by Gasteiger charge is -2.50. The summed E-state index contributed by atoms with van der Waals surface area (Å²) in [4.78, 5) is 58.7. The van der Waals surface area contributed by atoms with Crippen molar-refractivity contribution in [3.8, 4) is 6.07 Å². The van der Waals surface area contributed by atoms with Gasteiger partial charge in [0.05, 0.1) is 17.2 Å². The highest BCUT2D eigenvalue weighted by atomic mass is 32.2. The average Bonchev–Trinajstić information content (AvgIpc) is 3.35. The zero-order valence-corrected chi connectivity index (χ0v) is 21.5. The predicted octanol–water partition coefficient (Wildman–Crippen LogP) is -2.59. The predicted molar refractivity (Wildman–Crippen MR) is 134 cm³/mol. The van der Waals surface area contributed by atoms with Crippen LogP contribution in [0.1, 0.15) is 16.2 Å². The van der Waals surface area contributed by atoms with E-state index < -0.39 is 47.4 Å². The second-order valence-corrected chi connectivity index (χ2v) is 9.79. The maximum absolute atomic E-state index is 12.9. The van der Waals surface area contributed by atoms with Crippen LogP contribution in [0.2, 0.25) is 0 Å². The maximum Gasteiger partial charge on any atom is 0.278 e. The molecule has 2 aliphatic heterocycles. The SMILES string of the molecule is N#CCO/N=C(\C(=O)N[C@@H]1C(=O)N2C(C(=O)[O-])=C(/C=C/C[n+]3ccc(C(N)=O)cc3)CS[C@H]12)c1nsc(N)n1. The minimum Gasteiger partial charge on any atom is -0.543 e. The van der Waals surface area contributed by atoms with Gasteiger partial charge in [0, 0.05) is 29.4 Å². The van der Waals surface area contributed by atoms with Crippen LogP contribution in [0.15, 0.2) is 53.1 Å². The molecule has 0 radical (unpaired) electrons. The van der Waals surface area contributed by atoms with Crippen molar-refractivity contribution in [1.82, 2.24) is 19.6 Å². The van der Waals surface area contributed by atoms with Crippen molar-refractivity contribution < 1.29 is 33.7 Å². The smallest absolute Gasteiger partial charge is 0.278 e. The van der Waals surface area contributed by atoms with Gasteiger partial charge in [0.15, 0.2) is 24.1 Å². The van der Waals surface area contributed by atoms with Crippen LogP contribution in [0.3, 0.4) is 0 Å². The Morgan fingerprint density at radius 1 is 1.38 bits per heavy atom. The number of carboxylic acid groups (broad SMARTS) is 1. The van der Waals surface area contributed by atoms with Crippen molar-refractivity contribution in [2.45, 2.75) is 18.0 Å². The number of nitrogens with zero attached hydrogens (tertiary/aromatic N) is 6. The second-order valence-electron chi connectivity index (χ2n) is 7.90. The number of nitrogens with two attached hydrogens (primary N) is 2. The van der Waals surface area contributed by atoms with E-state index in [2.05, 4.69) is 19.8 Å². The number of hydrogen-bond donors (Lipinski definition) is 3. The molecule has 5 N–H and O–H groups in total. The van der Waals surface area contributed by atoms with Crippen molar-refractivity contribution >= 4 is 57.8 Å². The molecular weight excluding hydrogens is 550 g/mol. The van der Waals surface area contributed by atoms with Crippen LogP contribution in [-0.2, 0) is 25.8 Å². The number of carbonyl (C=O) groups is 4. The maximum atomic E-state index is 12.9. The van der Waals surface area contributed by atoms with Gasteiger partial charge in [-0.15, -0.1) is 11.8 Å².